The fraction of sp³-hybridized carbons (Fsp3) is 0.240. The van der Waals surface area contributed by atoms with Crippen LogP contribution in [0, 0.1) is 0 Å². The van der Waals surface area contributed by atoms with Crippen molar-refractivity contribution in [3.05, 3.63) is 76.8 Å². The molecule has 1 aliphatic heterocycles. The number of methoxy groups -OCH3 is 1. The predicted molar refractivity (Wildman–Crippen MR) is 135 cm³/mol. The number of benzene rings is 3. The molecule has 1 fully saturated rings. The number of hydrogen-bond acceptors (Lipinski definition) is 8. The summed E-state index contributed by atoms with van der Waals surface area (Å²) in [5.74, 6) is 0.460. The molecule has 11 heteroatoms. The van der Waals surface area contributed by atoms with Gasteiger partial charge in [-0.3, -0.25) is 4.79 Å². The molecule has 0 N–H and O–H groups in total. The molecule has 1 saturated heterocycles. The highest BCUT2D eigenvalue weighted by Gasteiger charge is 2.25. The highest BCUT2D eigenvalue weighted by molar-refractivity contribution is 7.90. The zero-order valence-corrected chi connectivity index (χ0v) is 21.0. The lowest BCUT2D eigenvalue weighted by atomic mass is 10.1. The highest BCUT2D eigenvalue weighted by Crippen LogP contribution is 2.30. The van der Waals surface area contributed by atoms with Gasteiger partial charge in [-0.05, 0) is 52.3 Å². The molecule has 1 aliphatic rings. The highest BCUT2D eigenvalue weighted by atomic mass is 35.5. The van der Waals surface area contributed by atoms with Gasteiger partial charge in [0.1, 0.15) is 5.75 Å². The maximum Gasteiger partial charge on any atom is 0.253 e. The SMILES string of the molecule is COc1ccccc1N1CCN(C(=O)c2ccc(CS(=O)(=O)c3ccc(Cl)c4nonc34)cc2)CC1. The van der Waals surface area contributed by atoms with Crippen molar-refractivity contribution in [2.45, 2.75) is 10.6 Å². The van der Waals surface area contributed by atoms with Crippen LogP contribution in [0.3, 0.4) is 0 Å². The van der Waals surface area contributed by atoms with Gasteiger partial charge >= 0.3 is 0 Å². The Morgan fingerprint density at radius 2 is 1.67 bits per heavy atom. The number of ether oxygens (including phenoxy) is 1. The number of amides is 1. The quantitative estimate of drug-likeness (QED) is 0.373. The molecule has 0 spiro atoms. The molecule has 0 aliphatic carbocycles. The summed E-state index contributed by atoms with van der Waals surface area (Å²) in [7, 11) is -2.10. The fourth-order valence-corrected chi connectivity index (χ4v) is 6.01. The van der Waals surface area contributed by atoms with E-state index in [-0.39, 0.29) is 32.6 Å². The average molecular weight is 527 g/mol. The lowest BCUT2D eigenvalue weighted by molar-refractivity contribution is 0.0746. The van der Waals surface area contributed by atoms with Gasteiger partial charge in [-0.2, -0.15) is 0 Å². The van der Waals surface area contributed by atoms with Crippen molar-refractivity contribution in [1.82, 2.24) is 15.2 Å². The van der Waals surface area contributed by atoms with Crippen molar-refractivity contribution in [2.75, 3.05) is 38.2 Å². The summed E-state index contributed by atoms with van der Waals surface area (Å²) in [6, 6.07) is 17.3. The first-order valence-corrected chi connectivity index (χ1v) is 13.3. The van der Waals surface area contributed by atoms with Crippen LogP contribution >= 0.6 is 11.6 Å². The Balaban J connectivity index is 1.25. The third-order valence-corrected chi connectivity index (χ3v) is 8.23. The minimum absolute atomic E-state index is 0.00350. The number of anilines is 1. The molecule has 4 aromatic rings. The maximum absolute atomic E-state index is 13.1. The zero-order valence-electron chi connectivity index (χ0n) is 19.4. The van der Waals surface area contributed by atoms with Crippen molar-refractivity contribution in [3.8, 4) is 5.75 Å². The van der Waals surface area contributed by atoms with Gasteiger partial charge in [-0.1, -0.05) is 35.9 Å². The third kappa shape index (κ3) is 4.61. The van der Waals surface area contributed by atoms with Gasteiger partial charge in [0.2, 0.25) is 0 Å². The summed E-state index contributed by atoms with van der Waals surface area (Å²) in [6.45, 7) is 2.53. The van der Waals surface area contributed by atoms with E-state index in [1.807, 2.05) is 24.3 Å². The van der Waals surface area contributed by atoms with Gasteiger partial charge < -0.3 is 14.5 Å². The van der Waals surface area contributed by atoms with Crippen LogP contribution in [0.15, 0.2) is 70.2 Å². The number of hydrogen-bond donors (Lipinski definition) is 0. The molecule has 186 valence electrons. The molecule has 1 amide bonds. The first-order valence-electron chi connectivity index (χ1n) is 11.3. The zero-order chi connectivity index (χ0) is 25.3. The Hall–Kier alpha value is -3.63. The van der Waals surface area contributed by atoms with Crippen LogP contribution in [0.25, 0.3) is 11.0 Å². The normalized spacial score (nSPS) is 14.3. The van der Waals surface area contributed by atoms with Crippen LogP contribution in [-0.2, 0) is 15.6 Å². The number of carbonyl (C=O) groups excluding carboxylic acids is 1. The maximum atomic E-state index is 13.1. The molecule has 0 radical (unpaired) electrons. The Labute approximate surface area is 213 Å². The summed E-state index contributed by atoms with van der Waals surface area (Å²) in [5.41, 5.74) is 2.37. The van der Waals surface area contributed by atoms with E-state index in [1.54, 1.807) is 36.3 Å². The number of para-hydroxylation sites is 2. The number of carbonyl (C=O) groups is 1. The largest absolute Gasteiger partial charge is 0.495 e. The second-order valence-corrected chi connectivity index (χ2v) is 10.8. The van der Waals surface area contributed by atoms with E-state index in [2.05, 4.69) is 19.8 Å². The minimum Gasteiger partial charge on any atom is -0.495 e. The van der Waals surface area contributed by atoms with Gasteiger partial charge in [0.15, 0.2) is 20.9 Å². The van der Waals surface area contributed by atoms with Crippen LogP contribution < -0.4 is 9.64 Å². The van der Waals surface area contributed by atoms with E-state index in [0.717, 1.165) is 11.4 Å². The van der Waals surface area contributed by atoms with Crippen LogP contribution in [0.2, 0.25) is 5.02 Å². The lowest BCUT2D eigenvalue weighted by Gasteiger charge is -2.36. The van der Waals surface area contributed by atoms with E-state index in [9.17, 15) is 13.2 Å². The van der Waals surface area contributed by atoms with Crippen molar-refractivity contribution in [1.29, 1.82) is 0 Å². The smallest absolute Gasteiger partial charge is 0.253 e. The fourth-order valence-electron chi connectivity index (χ4n) is 4.33. The first-order chi connectivity index (χ1) is 17.4. The van der Waals surface area contributed by atoms with E-state index >= 15 is 0 Å². The van der Waals surface area contributed by atoms with E-state index in [0.29, 0.717) is 37.3 Å². The van der Waals surface area contributed by atoms with Crippen molar-refractivity contribution < 1.29 is 22.6 Å². The monoisotopic (exact) mass is 526 g/mol. The van der Waals surface area contributed by atoms with Crippen LogP contribution in [0.5, 0.6) is 5.75 Å². The molecule has 0 saturated carbocycles. The molecular weight excluding hydrogens is 504 g/mol. The number of fused-ring (bicyclic) bond motifs is 1. The molecule has 2 heterocycles. The second-order valence-electron chi connectivity index (χ2n) is 8.41. The lowest BCUT2D eigenvalue weighted by Crippen LogP contribution is -2.48. The molecule has 0 unspecified atom stereocenters. The number of nitrogens with zero attached hydrogens (tertiary/aromatic N) is 4. The Morgan fingerprint density at radius 1 is 0.972 bits per heavy atom. The number of aromatic nitrogens is 2. The predicted octanol–water partition coefficient (Wildman–Crippen LogP) is 3.82. The Morgan fingerprint density at radius 3 is 2.39 bits per heavy atom. The van der Waals surface area contributed by atoms with Crippen molar-refractivity contribution >= 4 is 44.1 Å². The molecule has 0 atom stereocenters. The van der Waals surface area contributed by atoms with E-state index in [1.165, 1.54) is 12.1 Å². The molecule has 0 bridgehead atoms. The number of halogens is 1. The Kier molecular flexibility index (Phi) is 6.55. The van der Waals surface area contributed by atoms with Gasteiger partial charge in [0, 0.05) is 31.7 Å². The number of piperazine rings is 1. The summed E-state index contributed by atoms with van der Waals surface area (Å²) >= 11 is 6.04. The first kappa shape index (κ1) is 24.1. The number of rotatable bonds is 6. The Bertz CT molecular complexity index is 1510. The summed E-state index contributed by atoms with van der Waals surface area (Å²) in [6.07, 6.45) is 0. The topological polar surface area (TPSA) is 106 Å². The number of sulfone groups is 1. The minimum atomic E-state index is -3.75. The van der Waals surface area contributed by atoms with E-state index in [4.69, 9.17) is 16.3 Å². The van der Waals surface area contributed by atoms with Gasteiger partial charge in [-0.15, -0.1) is 0 Å². The van der Waals surface area contributed by atoms with Gasteiger partial charge in [-0.25, -0.2) is 13.0 Å². The second kappa shape index (κ2) is 9.79. The van der Waals surface area contributed by atoms with Crippen molar-refractivity contribution in [3.63, 3.8) is 0 Å². The van der Waals surface area contributed by atoms with Crippen LogP contribution in [0.1, 0.15) is 15.9 Å². The average Bonchev–Trinajstić information content (AvgIpc) is 3.39. The standard InChI is InChI=1S/C25H23ClN4O5S/c1-34-21-5-3-2-4-20(21)29-12-14-30(15-13-29)25(31)18-8-6-17(7-9-18)16-36(32,33)22-11-10-19(26)23-24(22)28-35-27-23/h2-11H,12-16H2,1H3. The summed E-state index contributed by atoms with van der Waals surface area (Å²) in [5, 5.41) is 7.63. The molecule has 5 rings (SSSR count). The summed E-state index contributed by atoms with van der Waals surface area (Å²) in [4.78, 5) is 17.1. The van der Waals surface area contributed by atoms with Gasteiger partial charge in [0.25, 0.3) is 5.91 Å². The van der Waals surface area contributed by atoms with Gasteiger partial charge in [0.05, 0.1) is 28.5 Å². The molecule has 3 aromatic carbocycles. The van der Waals surface area contributed by atoms with Crippen LogP contribution in [0.4, 0.5) is 5.69 Å². The molecule has 9 nitrogen and oxygen atoms in total. The van der Waals surface area contributed by atoms with Crippen LogP contribution in [-0.4, -0.2) is 62.8 Å². The van der Waals surface area contributed by atoms with Crippen molar-refractivity contribution in [2.24, 2.45) is 0 Å². The molecule has 36 heavy (non-hydrogen) atoms. The molecular formula is C25H23ClN4O5S. The molecule has 1 aromatic heterocycles. The third-order valence-electron chi connectivity index (χ3n) is 6.21. The van der Waals surface area contributed by atoms with E-state index < -0.39 is 9.84 Å². The summed E-state index contributed by atoms with van der Waals surface area (Å²) < 4.78 is 36.2.